The summed E-state index contributed by atoms with van der Waals surface area (Å²) in [5.74, 6) is 0. The number of carbonyl (C=O) groups is 1. The monoisotopic (exact) mass is 319 g/mol. The van der Waals surface area contributed by atoms with Crippen LogP contribution in [0, 0.1) is 0 Å². The van der Waals surface area contributed by atoms with E-state index in [0.717, 1.165) is 5.39 Å². The lowest BCUT2D eigenvalue weighted by molar-refractivity contribution is 0.145. The molecule has 0 fully saturated rings. The van der Waals surface area contributed by atoms with Crippen LogP contribution >= 0.6 is 0 Å². The van der Waals surface area contributed by atoms with E-state index in [4.69, 9.17) is 9.15 Å². The highest BCUT2D eigenvalue weighted by Crippen LogP contribution is 2.27. The molecular weight excluding hydrogens is 298 g/mol. The van der Waals surface area contributed by atoms with E-state index in [0.29, 0.717) is 37.4 Å². The van der Waals surface area contributed by atoms with Crippen molar-refractivity contribution in [2.24, 2.45) is 0 Å². The standard InChI is InChI=1S/C16H21N3O4/c1-3-22-10-6-9-18-16(21)19-14-13(17-2)11-7-4-5-8-12(11)23-15(14)20/h4-5,7-8,17H,3,6,9-10H2,1-2H3,(H2,18,19,21). The highest BCUT2D eigenvalue weighted by atomic mass is 16.5. The topological polar surface area (TPSA) is 92.6 Å². The molecule has 23 heavy (non-hydrogen) atoms. The van der Waals surface area contributed by atoms with Crippen molar-refractivity contribution in [3.63, 3.8) is 0 Å². The summed E-state index contributed by atoms with van der Waals surface area (Å²) in [6.45, 7) is 3.60. The second-order valence-corrected chi connectivity index (χ2v) is 4.82. The van der Waals surface area contributed by atoms with E-state index in [-0.39, 0.29) is 5.69 Å². The SMILES string of the molecule is CCOCCCNC(=O)Nc1c(NC)c2ccccc2oc1=O. The van der Waals surface area contributed by atoms with E-state index < -0.39 is 11.7 Å². The minimum absolute atomic E-state index is 0.0912. The third kappa shape index (κ3) is 4.23. The molecule has 0 bridgehead atoms. The number of hydrogen-bond acceptors (Lipinski definition) is 5. The molecule has 0 unspecified atom stereocenters. The number of nitrogens with one attached hydrogen (secondary N) is 3. The highest BCUT2D eigenvalue weighted by Gasteiger charge is 2.15. The number of hydrogen-bond donors (Lipinski definition) is 3. The second-order valence-electron chi connectivity index (χ2n) is 4.82. The molecule has 1 aromatic carbocycles. The fourth-order valence-electron chi connectivity index (χ4n) is 2.20. The van der Waals surface area contributed by atoms with Crippen LogP contribution in [0.3, 0.4) is 0 Å². The van der Waals surface area contributed by atoms with E-state index in [1.54, 1.807) is 19.2 Å². The van der Waals surface area contributed by atoms with Crippen LogP contribution in [-0.4, -0.2) is 32.8 Å². The van der Waals surface area contributed by atoms with Crippen LogP contribution in [0.2, 0.25) is 0 Å². The number of anilines is 2. The molecule has 0 atom stereocenters. The predicted molar refractivity (Wildman–Crippen MR) is 90.2 cm³/mol. The Morgan fingerprint density at radius 2 is 2.04 bits per heavy atom. The number of fused-ring (bicyclic) bond motifs is 1. The molecule has 3 N–H and O–H groups in total. The average molecular weight is 319 g/mol. The van der Waals surface area contributed by atoms with E-state index in [1.165, 1.54) is 0 Å². The second kappa shape index (κ2) is 8.19. The molecule has 2 rings (SSSR count). The van der Waals surface area contributed by atoms with Gasteiger partial charge >= 0.3 is 11.7 Å². The van der Waals surface area contributed by atoms with Gasteiger partial charge in [-0.3, -0.25) is 5.32 Å². The third-order valence-electron chi connectivity index (χ3n) is 3.26. The molecule has 0 aliphatic rings. The average Bonchev–Trinajstić information content (AvgIpc) is 2.55. The first-order chi connectivity index (χ1) is 11.2. The van der Waals surface area contributed by atoms with Crippen molar-refractivity contribution in [1.29, 1.82) is 0 Å². The van der Waals surface area contributed by atoms with Crippen LogP contribution < -0.4 is 21.6 Å². The molecule has 0 aliphatic heterocycles. The molecular formula is C16H21N3O4. The van der Waals surface area contributed by atoms with Gasteiger partial charge in [-0.05, 0) is 25.5 Å². The van der Waals surface area contributed by atoms with Crippen molar-refractivity contribution in [1.82, 2.24) is 5.32 Å². The zero-order valence-electron chi connectivity index (χ0n) is 13.3. The van der Waals surface area contributed by atoms with Crippen LogP contribution in [0.15, 0.2) is 33.5 Å². The summed E-state index contributed by atoms with van der Waals surface area (Å²) >= 11 is 0. The van der Waals surface area contributed by atoms with E-state index >= 15 is 0 Å². The lowest BCUT2D eigenvalue weighted by atomic mass is 10.2. The van der Waals surface area contributed by atoms with E-state index in [9.17, 15) is 9.59 Å². The molecule has 7 nitrogen and oxygen atoms in total. The zero-order chi connectivity index (χ0) is 16.7. The Labute approximate surface area is 134 Å². The van der Waals surface area contributed by atoms with Crippen LogP contribution in [0.1, 0.15) is 13.3 Å². The van der Waals surface area contributed by atoms with E-state index in [2.05, 4.69) is 16.0 Å². The predicted octanol–water partition coefficient (Wildman–Crippen LogP) is 2.38. The Kier molecular flexibility index (Phi) is 5.99. The Morgan fingerprint density at radius 1 is 1.26 bits per heavy atom. The number of carbonyl (C=O) groups excluding carboxylic acids is 1. The van der Waals surface area contributed by atoms with Crippen molar-refractivity contribution in [2.75, 3.05) is 37.4 Å². The van der Waals surface area contributed by atoms with Gasteiger partial charge in [-0.15, -0.1) is 0 Å². The van der Waals surface area contributed by atoms with Crippen molar-refractivity contribution < 1.29 is 13.9 Å². The Balaban J connectivity index is 2.11. The van der Waals surface area contributed by atoms with Crippen LogP contribution in [0.5, 0.6) is 0 Å². The number of ether oxygens (including phenoxy) is 1. The largest absolute Gasteiger partial charge is 0.421 e. The molecule has 7 heteroatoms. The normalized spacial score (nSPS) is 10.5. The van der Waals surface area contributed by atoms with Gasteiger partial charge in [-0.1, -0.05) is 12.1 Å². The number of amides is 2. The van der Waals surface area contributed by atoms with E-state index in [1.807, 2.05) is 19.1 Å². The Hall–Kier alpha value is -2.54. The molecule has 0 saturated heterocycles. The summed E-state index contributed by atoms with van der Waals surface area (Å²) in [5.41, 5.74) is 0.483. The zero-order valence-corrected chi connectivity index (χ0v) is 13.3. The molecule has 1 aromatic heterocycles. The Morgan fingerprint density at radius 3 is 2.78 bits per heavy atom. The number of rotatable bonds is 7. The van der Waals surface area contributed by atoms with Gasteiger partial charge in [0.25, 0.3) is 0 Å². The smallest absolute Gasteiger partial charge is 0.362 e. The fourth-order valence-corrected chi connectivity index (χ4v) is 2.20. The van der Waals surface area contributed by atoms with Gasteiger partial charge in [0, 0.05) is 32.2 Å². The minimum Gasteiger partial charge on any atom is -0.421 e. The quantitative estimate of drug-likeness (QED) is 0.538. The number of benzene rings is 1. The highest BCUT2D eigenvalue weighted by molar-refractivity contribution is 6.01. The first kappa shape index (κ1) is 16.8. The summed E-state index contributed by atoms with van der Waals surface area (Å²) in [4.78, 5) is 24.0. The minimum atomic E-state index is -0.600. The molecule has 2 aromatic rings. The molecule has 0 aliphatic carbocycles. The van der Waals surface area contributed by atoms with Crippen LogP contribution in [0.25, 0.3) is 11.0 Å². The molecule has 0 saturated carbocycles. The van der Waals surface area contributed by atoms with Gasteiger partial charge in [-0.2, -0.15) is 0 Å². The first-order valence-electron chi connectivity index (χ1n) is 7.53. The number of urea groups is 1. The fraction of sp³-hybridized carbons (Fsp3) is 0.375. The van der Waals surface area contributed by atoms with Crippen molar-refractivity contribution in [3.05, 3.63) is 34.7 Å². The molecule has 2 amide bonds. The summed E-state index contributed by atoms with van der Waals surface area (Å²) in [5, 5.41) is 8.90. The Bertz CT molecular complexity index is 727. The van der Waals surface area contributed by atoms with Gasteiger partial charge < -0.3 is 19.8 Å². The van der Waals surface area contributed by atoms with Gasteiger partial charge in [0.05, 0.1) is 5.69 Å². The number of para-hydroxylation sites is 1. The lowest BCUT2D eigenvalue weighted by Gasteiger charge is -2.12. The summed E-state index contributed by atoms with van der Waals surface area (Å²) in [6.07, 6.45) is 0.701. The van der Waals surface area contributed by atoms with Gasteiger partial charge in [0.2, 0.25) is 0 Å². The van der Waals surface area contributed by atoms with Crippen molar-refractivity contribution in [2.45, 2.75) is 13.3 Å². The van der Waals surface area contributed by atoms with Crippen LogP contribution in [-0.2, 0) is 4.74 Å². The van der Waals surface area contributed by atoms with Gasteiger partial charge in [0.15, 0.2) is 5.69 Å². The van der Waals surface area contributed by atoms with Gasteiger partial charge in [-0.25, -0.2) is 9.59 Å². The first-order valence-corrected chi connectivity index (χ1v) is 7.53. The molecule has 0 radical (unpaired) electrons. The molecule has 0 spiro atoms. The third-order valence-corrected chi connectivity index (χ3v) is 3.26. The maximum atomic E-state index is 12.1. The molecule has 124 valence electrons. The van der Waals surface area contributed by atoms with Crippen molar-refractivity contribution >= 4 is 28.4 Å². The maximum absolute atomic E-state index is 12.1. The molecule has 1 heterocycles. The van der Waals surface area contributed by atoms with Gasteiger partial charge in [0.1, 0.15) is 5.58 Å². The maximum Gasteiger partial charge on any atom is 0.362 e. The summed E-state index contributed by atoms with van der Waals surface area (Å²) in [6, 6.07) is 6.68. The van der Waals surface area contributed by atoms with Crippen LogP contribution in [0.4, 0.5) is 16.2 Å². The van der Waals surface area contributed by atoms with Crippen molar-refractivity contribution in [3.8, 4) is 0 Å². The summed E-state index contributed by atoms with van der Waals surface area (Å²) in [7, 11) is 1.69. The lowest BCUT2D eigenvalue weighted by Crippen LogP contribution is -2.32. The summed E-state index contributed by atoms with van der Waals surface area (Å²) < 4.78 is 10.4.